The number of nitrogens with zero attached hydrogens (tertiary/aromatic N) is 3. The quantitative estimate of drug-likeness (QED) is 0.866. The smallest absolute Gasteiger partial charge is 0.226 e. The number of carbonyl (C=O) groups is 1. The first kappa shape index (κ1) is 12.7. The number of fused-ring (bicyclic) bond motifs is 1. The molecule has 5 heteroatoms. The van der Waals surface area contributed by atoms with Gasteiger partial charge in [-0.05, 0) is 31.2 Å². The Kier molecular flexibility index (Phi) is 3.31. The van der Waals surface area contributed by atoms with Crippen molar-refractivity contribution in [3.05, 3.63) is 18.0 Å². The molecular formula is C14H21N3O2. The Morgan fingerprint density at radius 3 is 3.00 bits per heavy atom. The van der Waals surface area contributed by atoms with Crippen molar-refractivity contribution in [1.82, 2.24) is 14.7 Å². The maximum absolute atomic E-state index is 12.6. The summed E-state index contributed by atoms with van der Waals surface area (Å²) < 4.78 is 1.94. The highest BCUT2D eigenvalue weighted by Crippen LogP contribution is 2.35. The summed E-state index contributed by atoms with van der Waals surface area (Å²) in [5, 5.41) is 13.8. The molecule has 1 atom stereocenters. The van der Waals surface area contributed by atoms with Gasteiger partial charge < -0.3 is 10.0 Å². The van der Waals surface area contributed by atoms with Gasteiger partial charge in [0.2, 0.25) is 5.91 Å². The van der Waals surface area contributed by atoms with Crippen LogP contribution in [0.25, 0.3) is 0 Å². The Morgan fingerprint density at radius 2 is 2.32 bits per heavy atom. The van der Waals surface area contributed by atoms with Crippen molar-refractivity contribution in [1.29, 1.82) is 0 Å². The molecule has 1 aliphatic carbocycles. The van der Waals surface area contributed by atoms with E-state index in [4.69, 9.17) is 0 Å². The van der Waals surface area contributed by atoms with Crippen molar-refractivity contribution in [2.45, 2.75) is 45.3 Å². The van der Waals surface area contributed by atoms with Crippen LogP contribution in [-0.2, 0) is 17.9 Å². The number of aliphatic hydroxyl groups excluding tert-OH is 1. The van der Waals surface area contributed by atoms with Gasteiger partial charge in [-0.3, -0.25) is 9.48 Å². The molecule has 1 aliphatic heterocycles. The molecule has 2 aliphatic rings. The van der Waals surface area contributed by atoms with Crippen LogP contribution in [0.5, 0.6) is 0 Å². The Hall–Kier alpha value is -1.36. The van der Waals surface area contributed by atoms with Crippen LogP contribution in [0.1, 0.15) is 31.9 Å². The Labute approximate surface area is 113 Å². The van der Waals surface area contributed by atoms with Gasteiger partial charge in [0.1, 0.15) is 0 Å². The second kappa shape index (κ2) is 4.96. The molecule has 2 heterocycles. The minimum absolute atomic E-state index is 0.0405. The normalized spacial score (nSPS) is 30.4. The second-order valence-corrected chi connectivity index (χ2v) is 5.91. The Balaban J connectivity index is 1.78. The lowest BCUT2D eigenvalue weighted by Gasteiger charge is -2.38. The van der Waals surface area contributed by atoms with Gasteiger partial charge in [-0.1, -0.05) is 6.92 Å². The summed E-state index contributed by atoms with van der Waals surface area (Å²) in [6.45, 7) is 3.58. The number of amides is 1. The van der Waals surface area contributed by atoms with Gasteiger partial charge in [-0.25, -0.2) is 0 Å². The number of aromatic nitrogens is 2. The third kappa shape index (κ3) is 2.27. The highest BCUT2D eigenvalue weighted by molar-refractivity contribution is 5.80. The summed E-state index contributed by atoms with van der Waals surface area (Å²) in [7, 11) is 0. The van der Waals surface area contributed by atoms with Gasteiger partial charge in [-0.2, -0.15) is 5.10 Å². The Bertz CT molecular complexity index is 465. The average Bonchev–Trinajstić information content (AvgIpc) is 2.74. The molecule has 1 amide bonds. The topological polar surface area (TPSA) is 58.4 Å². The van der Waals surface area contributed by atoms with Gasteiger partial charge in [0.25, 0.3) is 0 Å². The van der Waals surface area contributed by atoms with Crippen LogP contribution < -0.4 is 0 Å². The predicted molar refractivity (Wildman–Crippen MR) is 70.2 cm³/mol. The first-order valence-corrected chi connectivity index (χ1v) is 7.11. The monoisotopic (exact) mass is 263 g/mol. The molecule has 19 heavy (non-hydrogen) atoms. The highest BCUT2D eigenvalue weighted by atomic mass is 16.3. The molecular weight excluding hydrogens is 242 g/mol. The number of aryl methyl sites for hydroxylation is 1. The zero-order chi connectivity index (χ0) is 13.4. The molecule has 1 aromatic rings. The van der Waals surface area contributed by atoms with E-state index in [1.807, 2.05) is 15.6 Å². The zero-order valence-electron chi connectivity index (χ0n) is 11.3. The molecule has 0 radical (unpaired) electrons. The van der Waals surface area contributed by atoms with Crippen LogP contribution in [0.4, 0.5) is 0 Å². The average molecular weight is 263 g/mol. The van der Waals surface area contributed by atoms with Crippen molar-refractivity contribution in [2.75, 3.05) is 6.61 Å². The van der Waals surface area contributed by atoms with E-state index >= 15 is 0 Å². The van der Waals surface area contributed by atoms with E-state index in [9.17, 15) is 9.90 Å². The fourth-order valence-electron chi connectivity index (χ4n) is 3.21. The molecule has 0 bridgehead atoms. The van der Waals surface area contributed by atoms with E-state index in [1.165, 1.54) is 0 Å². The van der Waals surface area contributed by atoms with Gasteiger partial charge in [0, 0.05) is 18.7 Å². The van der Waals surface area contributed by atoms with E-state index < -0.39 is 0 Å². The lowest BCUT2D eigenvalue weighted by molar-refractivity contribution is -0.143. The van der Waals surface area contributed by atoms with Crippen LogP contribution in [0.2, 0.25) is 0 Å². The predicted octanol–water partition coefficient (Wildman–Crippen LogP) is 1.02. The number of hydrogen-bond donors (Lipinski definition) is 1. The maximum atomic E-state index is 12.6. The first-order valence-electron chi connectivity index (χ1n) is 7.11. The standard InChI is InChI=1S/C14H21N3O2/c1-10-6-11(7-10)14(19)16-8-12-2-4-15-17(12)5-3-13(16)9-18/h2,4,10-11,13,18H,3,5-9H2,1H3. The maximum Gasteiger partial charge on any atom is 0.226 e. The number of carbonyl (C=O) groups excluding carboxylic acids is 1. The fraction of sp³-hybridized carbons (Fsp3) is 0.714. The minimum Gasteiger partial charge on any atom is -0.394 e. The van der Waals surface area contributed by atoms with Gasteiger partial charge in [0.15, 0.2) is 0 Å². The van der Waals surface area contributed by atoms with Crippen LogP contribution in [0.3, 0.4) is 0 Å². The highest BCUT2D eigenvalue weighted by Gasteiger charge is 2.37. The second-order valence-electron chi connectivity index (χ2n) is 5.91. The number of rotatable bonds is 2. The molecule has 1 fully saturated rings. The molecule has 0 spiro atoms. The molecule has 0 saturated heterocycles. The van der Waals surface area contributed by atoms with E-state index in [1.54, 1.807) is 6.20 Å². The van der Waals surface area contributed by atoms with Crippen LogP contribution in [0.15, 0.2) is 12.3 Å². The van der Waals surface area contributed by atoms with Crippen molar-refractivity contribution < 1.29 is 9.90 Å². The van der Waals surface area contributed by atoms with Crippen LogP contribution in [-0.4, -0.2) is 38.3 Å². The van der Waals surface area contributed by atoms with Crippen LogP contribution in [0, 0.1) is 11.8 Å². The number of hydrogen-bond acceptors (Lipinski definition) is 3. The summed E-state index contributed by atoms with van der Waals surface area (Å²) in [4.78, 5) is 14.4. The van der Waals surface area contributed by atoms with E-state index in [0.717, 1.165) is 31.5 Å². The van der Waals surface area contributed by atoms with Crippen molar-refractivity contribution in [2.24, 2.45) is 11.8 Å². The third-order valence-corrected chi connectivity index (χ3v) is 4.47. The molecule has 104 valence electrons. The molecule has 0 aromatic carbocycles. The van der Waals surface area contributed by atoms with E-state index in [-0.39, 0.29) is 24.5 Å². The van der Waals surface area contributed by atoms with Gasteiger partial charge >= 0.3 is 0 Å². The first-order chi connectivity index (χ1) is 9.19. The van der Waals surface area contributed by atoms with Gasteiger partial charge in [0.05, 0.1) is 24.9 Å². The summed E-state index contributed by atoms with van der Waals surface area (Å²) in [6, 6.07) is 1.90. The zero-order valence-corrected chi connectivity index (χ0v) is 11.3. The van der Waals surface area contributed by atoms with Crippen molar-refractivity contribution in [3.63, 3.8) is 0 Å². The molecule has 1 N–H and O–H groups in total. The summed E-state index contributed by atoms with van der Waals surface area (Å²) in [5.74, 6) is 1.05. The Morgan fingerprint density at radius 1 is 1.53 bits per heavy atom. The minimum atomic E-state index is -0.0647. The molecule has 1 aromatic heterocycles. The SMILES string of the molecule is CC1CC(C(=O)N2Cc3ccnn3CCC2CO)C1. The fourth-order valence-corrected chi connectivity index (χ4v) is 3.21. The molecule has 1 unspecified atom stereocenters. The summed E-state index contributed by atoms with van der Waals surface area (Å²) in [6.07, 6.45) is 4.54. The lowest BCUT2D eigenvalue weighted by Crippen LogP contribution is -2.47. The van der Waals surface area contributed by atoms with Crippen LogP contribution >= 0.6 is 0 Å². The lowest BCUT2D eigenvalue weighted by atomic mass is 9.75. The van der Waals surface area contributed by atoms with Crippen molar-refractivity contribution in [3.8, 4) is 0 Å². The van der Waals surface area contributed by atoms with Gasteiger partial charge in [-0.15, -0.1) is 0 Å². The van der Waals surface area contributed by atoms with Crippen molar-refractivity contribution >= 4 is 5.91 Å². The number of aliphatic hydroxyl groups is 1. The van der Waals surface area contributed by atoms with E-state index in [0.29, 0.717) is 12.5 Å². The largest absolute Gasteiger partial charge is 0.394 e. The third-order valence-electron chi connectivity index (χ3n) is 4.47. The molecule has 5 nitrogen and oxygen atoms in total. The summed E-state index contributed by atoms with van der Waals surface area (Å²) in [5.41, 5.74) is 1.07. The summed E-state index contributed by atoms with van der Waals surface area (Å²) >= 11 is 0. The molecule has 3 rings (SSSR count). The van der Waals surface area contributed by atoms with E-state index in [2.05, 4.69) is 12.0 Å². The molecule has 1 saturated carbocycles.